The molecule has 98 valence electrons. The first-order valence-corrected chi connectivity index (χ1v) is 7.77. The van der Waals surface area contributed by atoms with E-state index in [1.807, 2.05) is 0 Å². The van der Waals surface area contributed by atoms with E-state index >= 15 is 0 Å². The Morgan fingerprint density at radius 2 is 1.47 bits per heavy atom. The zero-order valence-electron chi connectivity index (χ0n) is 11.6. The second-order valence-electron chi connectivity index (χ2n) is 8.00. The molecule has 0 amide bonds. The Morgan fingerprint density at radius 1 is 0.941 bits per heavy atom. The van der Waals surface area contributed by atoms with Crippen LogP contribution in [-0.2, 0) is 0 Å². The van der Waals surface area contributed by atoms with Crippen molar-refractivity contribution in [3.63, 3.8) is 0 Å². The van der Waals surface area contributed by atoms with Gasteiger partial charge in [-0.3, -0.25) is 0 Å². The highest BCUT2D eigenvalue weighted by Gasteiger charge is 2.47. The quantitative estimate of drug-likeness (QED) is 0.787. The maximum Gasteiger partial charge on any atom is -0.00258 e. The highest BCUT2D eigenvalue weighted by Crippen LogP contribution is 2.57. The molecule has 0 atom stereocenters. The molecule has 0 saturated heterocycles. The minimum Gasteiger partial charge on any atom is -0.330 e. The molecular weight excluding hydrogens is 206 g/mol. The van der Waals surface area contributed by atoms with Crippen LogP contribution in [0.2, 0.25) is 0 Å². The van der Waals surface area contributed by atoms with Crippen molar-refractivity contribution in [2.45, 2.75) is 58.8 Å². The van der Waals surface area contributed by atoms with Gasteiger partial charge in [0.05, 0.1) is 0 Å². The summed E-state index contributed by atoms with van der Waals surface area (Å²) in [7, 11) is 0. The van der Waals surface area contributed by atoms with E-state index in [0.717, 1.165) is 36.1 Å². The van der Waals surface area contributed by atoms with Crippen molar-refractivity contribution >= 4 is 0 Å². The van der Waals surface area contributed by atoms with Gasteiger partial charge in [0.15, 0.2) is 0 Å². The fraction of sp³-hybridized carbons (Fsp3) is 1.00. The van der Waals surface area contributed by atoms with Crippen molar-refractivity contribution < 1.29 is 0 Å². The monoisotopic (exact) mass is 235 g/mol. The molecule has 4 rings (SSSR count). The first-order chi connectivity index (χ1) is 8.07. The van der Waals surface area contributed by atoms with Crippen molar-refractivity contribution in [3.05, 3.63) is 0 Å². The Kier molecular flexibility index (Phi) is 3.01. The molecule has 4 aliphatic rings. The SMILES string of the molecule is CC(C)(CN)CCC1C2CC3CC(C2)CC1C3. The highest BCUT2D eigenvalue weighted by atomic mass is 14.6. The molecule has 4 bridgehead atoms. The van der Waals surface area contributed by atoms with Gasteiger partial charge in [-0.15, -0.1) is 0 Å². The summed E-state index contributed by atoms with van der Waals surface area (Å²) in [6.45, 7) is 5.52. The molecule has 4 fully saturated rings. The topological polar surface area (TPSA) is 26.0 Å². The van der Waals surface area contributed by atoms with Crippen LogP contribution in [0.5, 0.6) is 0 Å². The second kappa shape index (κ2) is 4.26. The van der Waals surface area contributed by atoms with Crippen LogP contribution in [0.4, 0.5) is 0 Å². The van der Waals surface area contributed by atoms with Crippen molar-refractivity contribution in [1.29, 1.82) is 0 Å². The smallest absolute Gasteiger partial charge is 0.00258 e. The summed E-state index contributed by atoms with van der Waals surface area (Å²) in [4.78, 5) is 0. The molecule has 0 unspecified atom stereocenters. The molecule has 2 N–H and O–H groups in total. The van der Waals surface area contributed by atoms with Gasteiger partial charge < -0.3 is 5.73 Å². The third-order valence-corrected chi connectivity index (χ3v) is 6.13. The Hall–Kier alpha value is -0.0400. The molecular formula is C16H29N. The largest absolute Gasteiger partial charge is 0.330 e. The first kappa shape index (κ1) is 12.0. The zero-order valence-corrected chi connectivity index (χ0v) is 11.6. The Balaban J connectivity index is 1.61. The van der Waals surface area contributed by atoms with Crippen molar-refractivity contribution in [2.24, 2.45) is 40.7 Å². The van der Waals surface area contributed by atoms with Gasteiger partial charge in [-0.25, -0.2) is 0 Å². The van der Waals surface area contributed by atoms with Crippen molar-refractivity contribution in [3.8, 4) is 0 Å². The lowest BCUT2D eigenvalue weighted by molar-refractivity contribution is -0.0432. The number of nitrogens with two attached hydrogens (primary N) is 1. The normalized spacial score (nSPS) is 44.3. The van der Waals surface area contributed by atoms with Crippen LogP contribution in [0, 0.1) is 35.0 Å². The Bertz CT molecular complexity index is 253. The molecule has 1 heteroatoms. The van der Waals surface area contributed by atoms with Gasteiger partial charge in [0, 0.05) is 0 Å². The fourth-order valence-corrected chi connectivity index (χ4v) is 5.17. The maximum absolute atomic E-state index is 5.87. The van der Waals surface area contributed by atoms with Gasteiger partial charge in [0.25, 0.3) is 0 Å². The van der Waals surface area contributed by atoms with Crippen LogP contribution in [0.3, 0.4) is 0 Å². The van der Waals surface area contributed by atoms with E-state index in [0.29, 0.717) is 5.41 Å². The number of rotatable bonds is 4. The summed E-state index contributed by atoms with van der Waals surface area (Å²) in [5.41, 5.74) is 6.24. The van der Waals surface area contributed by atoms with Gasteiger partial charge in [-0.2, -0.15) is 0 Å². The van der Waals surface area contributed by atoms with Gasteiger partial charge in [-0.05, 0) is 86.5 Å². The molecule has 0 aromatic heterocycles. The predicted octanol–water partition coefficient (Wildman–Crippen LogP) is 3.82. The molecule has 0 radical (unpaired) electrons. The van der Waals surface area contributed by atoms with Crippen LogP contribution in [0.15, 0.2) is 0 Å². The lowest BCUT2D eigenvalue weighted by atomic mass is 9.51. The molecule has 1 nitrogen and oxygen atoms in total. The van der Waals surface area contributed by atoms with Gasteiger partial charge in [0.2, 0.25) is 0 Å². The van der Waals surface area contributed by atoms with Crippen LogP contribution in [0.25, 0.3) is 0 Å². The molecule has 4 saturated carbocycles. The van der Waals surface area contributed by atoms with E-state index in [2.05, 4.69) is 13.8 Å². The number of hydrogen-bond donors (Lipinski definition) is 1. The number of hydrogen-bond acceptors (Lipinski definition) is 1. The van der Waals surface area contributed by atoms with Gasteiger partial charge in [-0.1, -0.05) is 13.8 Å². The van der Waals surface area contributed by atoms with Crippen LogP contribution in [0.1, 0.15) is 58.8 Å². The average molecular weight is 235 g/mol. The summed E-state index contributed by atoms with van der Waals surface area (Å²) < 4.78 is 0. The summed E-state index contributed by atoms with van der Waals surface area (Å²) >= 11 is 0. The van der Waals surface area contributed by atoms with Crippen molar-refractivity contribution in [2.75, 3.05) is 6.54 Å². The molecule has 0 aromatic rings. The lowest BCUT2D eigenvalue weighted by Crippen LogP contribution is -2.45. The lowest BCUT2D eigenvalue weighted by Gasteiger charge is -2.55. The summed E-state index contributed by atoms with van der Waals surface area (Å²) in [5.74, 6) is 5.50. The summed E-state index contributed by atoms with van der Waals surface area (Å²) in [6, 6.07) is 0. The van der Waals surface area contributed by atoms with Crippen LogP contribution >= 0.6 is 0 Å². The van der Waals surface area contributed by atoms with E-state index < -0.39 is 0 Å². The summed E-state index contributed by atoms with van der Waals surface area (Å²) in [5, 5.41) is 0. The van der Waals surface area contributed by atoms with Gasteiger partial charge >= 0.3 is 0 Å². The fourth-order valence-electron chi connectivity index (χ4n) is 5.17. The molecule has 0 aromatic carbocycles. The molecule has 17 heavy (non-hydrogen) atoms. The first-order valence-electron chi connectivity index (χ1n) is 7.77. The minimum absolute atomic E-state index is 0.370. The average Bonchev–Trinajstić information content (AvgIpc) is 2.27. The van der Waals surface area contributed by atoms with E-state index in [1.165, 1.54) is 12.8 Å². The molecule has 0 heterocycles. The molecule has 0 spiro atoms. The van der Waals surface area contributed by atoms with E-state index in [1.54, 1.807) is 32.1 Å². The Morgan fingerprint density at radius 3 is 1.94 bits per heavy atom. The molecule has 4 aliphatic carbocycles. The van der Waals surface area contributed by atoms with E-state index in [4.69, 9.17) is 5.73 Å². The summed E-state index contributed by atoms with van der Waals surface area (Å²) in [6.07, 6.45) is 10.7. The van der Waals surface area contributed by atoms with Crippen molar-refractivity contribution in [1.82, 2.24) is 0 Å². The van der Waals surface area contributed by atoms with Crippen LogP contribution < -0.4 is 5.73 Å². The second-order valence-corrected chi connectivity index (χ2v) is 8.00. The maximum atomic E-state index is 5.87. The van der Waals surface area contributed by atoms with E-state index in [-0.39, 0.29) is 0 Å². The van der Waals surface area contributed by atoms with Gasteiger partial charge in [0.1, 0.15) is 0 Å². The standard InChI is InChI=1S/C16H29N/c1-16(2,10-17)4-3-15-13-6-11-5-12(8-13)9-14(15)7-11/h11-15H,3-10,17H2,1-2H3. The third-order valence-electron chi connectivity index (χ3n) is 6.13. The highest BCUT2D eigenvalue weighted by molar-refractivity contribution is 4.98. The Labute approximate surface area is 107 Å². The third kappa shape index (κ3) is 2.28. The van der Waals surface area contributed by atoms with Crippen LogP contribution in [-0.4, -0.2) is 6.54 Å². The van der Waals surface area contributed by atoms with E-state index in [9.17, 15) is 0 Å². The predicted molar refractivity (Wildman–Crippen MR) is 72.6 cm³/mol. The zero-order chi connectivity index (χ0) is 12.0. The molecule has 0 aliphatic heterocycles. The minimum atomic E-state index is 0.370.